The van der Waals surface area contributed by atoms with E-state index in [9.17, 15) is 4.21 Å². The SMILES string of the molecule is CCNC(C)c1ccc(OCC)c(CS(=O)CCOC)c1. The molecule has 0 amide bonds. The fourth-order valence-corrected chi connectivity index (χ4v) is 3.19. The number of ether oxygens (including phenoxy) is 2. The maximum Gasteiger partial charge on any atom is 0.123 e. The highest BCUT2D eigenvalue weighted by atomic mass is 32.2. The summed E-state index contributed by atoms with van der Waals surface area (Å²) in [7, 11) is 0.691. The molecule has 1 aromatic carbocycles. The van der Waals surface area contributed by atoms with Gasteiger partial charge in [0.2, 0.25) is 0 Å². The molecule has 0 saturated heterocycles. The third-order valence-electron chi connectivity index (χ3n) is 3.23. The van der Waals surface area contributed by atoms with Gasteiger partial charge in [0.15, 0.2) is 0 Å². The Labute approximate surface area is 130 Å². The van der Waals surface area contributed by atoms with Crippen LogP contribution in [0.15, 0.2) is 18.2 Å². The van der Waals surface area contributed by atoms with Crippen molar-refractivity contribution >= 4 is 10.8 Å². The Morgan fingerprint density at radius 1 is 1.33 bits per heavy atom. The van der Waals surface area contributed by atoms with Crippen LogP contribution in [0.4, 0.5) is 0 Å². The van der Waals surface area contributed by atoms with E-state index in [1.165, 1.54) is 5.56 Å². The standard InChI is InChI=1S/C16H27NO3S/c1-5-17-13(3)14-7-8-16(20-6-2)15(11-14)12-21(18)10-9-19-4/h7-8,11,13,17H,5-6,9-10,12H2,1-4H3. The van der Waals surface area contributed by atoms with Crippen molar-refractivity contribution in [3.05, 3.63) is 29.3 Å². The van der Waals surface area contributed by atoms with Gasteiger partial charge in [-0.1, -0.05) is 13.0 Å². The fourth-order valence-electron chi connectivity index (χ4n) is 2.12. The van der Waals surface area contributed by atoms with Gasteiger partial charge in [-0.2, -0.15) is 0 Å². The van der Waals surface area contributed by atoms with E-state index in [1.54, 1.807) is 7.11 Å². The van der Waals surface area contributed by atoms with Crippen LogP contribution in [0.2, 0.25) is 0 Å². The van der Waals surface area contributed by atoms with Crippen molar-refractivity contribution in [3.8, 4) is 5.75 Å². The summed E-state index contributed by atoms with van der Waals surface area (Å²) in [6, 6.07) is 6.43. The zero-order valence-corrected chi connectivity index (χ0v) is 14.3. The lowest BCUT2D eigenvalue weighted by molar-refractivity contribution is 0.218. The number of hydrogen-bond donors (Lipinski definition) is 1. The molecular weight excluding hydrogens is 286 g/mol. The monoisotopic (exact) mass is 313 g/mol. The van der Waals surface area contributed by atoms with Crippen molar-refractivity contribution in [1.82, 2.24) is 5.32 Å². The van der Waals surface area contributed by atoms with Crippen molar-refractivity contribution < 1.29 is 13.7 Å². The van der Waals surface area contributed by atoms with E-state index >= 15 is 0 Å². The smallest absolute Gasteiger partial charge is 0.123 e. The molecule has 4 nitrogen and oxygen atoms in total. The van der Waals surface area contributed by atoms with Gasteiger partial charge in [0.25, 0.3) is 0 Å². The summed E-state index contributed by atoms with van der Waals surface area (Å²) < 4.78 is 22.7. The first kappa shape index (κ1) is 18.1. The minimum Gasteiger partial charge on any atom is -0.494 e. The van der Waals surface area contributed by atoms with Crippen molar-refractivity contribution in [3.63, 3.8) is 0 Å². The molecule has 1 rings (SSSR count). The van der Waals surface area contributed by atoms with Gasteiger partial charge >= 0.3 is 0 Å². The Balaban J connectivity index is 2.89. The van der Waals surface area contributed by atoms with Gasteiger partial charge in [0.1, 0.15) is 5.75 Å². The van der Waals surface area contributed by atoms with Crippen LogP contribution in [-0.4, -0.2) is 36.8 Å². The van der Waals surface area contributed by atoms with E-state index in [0.717, 1.165) is 17.9 Å². The number of rotatable bonds is 10. The molecule has 1 aromatic rings. The summed E-state index contributed by atoms with van der Waals surface area (Å²) in [6.45, 7) is 8.23. The summed E-state index contributed by atoms with van der Waals surface area (Å²) in [4.78, 5) is 0. The van der Waals surface area contributed by atoms with Gasteiger partial charge in [-0.15, -0.1) is 0 Å². The average molecular weight is 313 g/mol. The van der Waals surface area contributed by atoms with Crippen LogP contribution in [0.25, 0.3) is 0 Å². The second-order valence-electron chi connectivity index (χ2n) is 4.86. The van der Waals surface area contributed by atoms with E-state index in [4.69, 9.17) is 9.47 Å². The molecule has 5 heteroatoms. The van der Waals surface area contributed by atoms with Crippen LogP contribution in [0.3, 0.4) is 0 Å². The molecule has 0 aromatic heterocycles. The molecule has 0 spiro atoms. The van der Waals surface area contributed by atoms with Crippen molar-refractivity contribution in [2.24, 2.45) is 0 Å². The maximum absolute atomic E-state index is 12.1. The molecule has 120 valence electrons. The fraction of sp³-hybridized carbons (Fsp3) is 0.625. The summed E-state index contributed by atoms with van der Waals surface area (Å²) in [5.74, 6) is 1.89. The van der Waals surface area contributed by atoms with Crippen molar-refractivity contribution in [2.75, 3.05) is 32.6 Å². The number of nitrogens with one attached hydrogen (secondary N) is 1. The molecule has 0 heterocycles. The molecule has 2 atom stereocenters. The van der Waals surface area contributed by atoms with E-state index in [0.29, 0.717) is 24.7 Å². The van der Waals surface area contributed by atoms with Gasteiger partial charge in [-0.25, -0.2) is 0 Å². The minimum absolute atomic E-state index is 0.275. The summed E-state index contributed by atoms with van der Waals surface area (Å²) in [6.07, 6.45) is 0. The van der Waals surface area contributed by atoms with Crippen molar-refractivity contribution in [1.29, 1.82) is 0 Å². The van der Waals surface area contributed by atoms with Gasteiger partial charge < -0.3 is 14.8 Å². The normalized spacial score (nSPS) is 13.9. The first-order valence-electron chi connectivity index (χ1n) is 7.45. The van der Waals surface area contributed by atoms with E-state index in [-0.39, 0.29) is 6.04 Å². The van der Waals surface area contributed by atoms with Gasteiger partial charge in [0.05, 0.1) is 19.0 Å². The number of benzene rings is 1. The molecule has 21 heavy (non-hydrogen) atoms. The molecule has 0 bridgehead atoms. The topological polar surface area (TPSA) is 47.6 Å². The molecule has 0 saturated carbocycles. The Morgan fingerprint density at radius 3 is 2.71 bits per heavy atom. The van der Waals surface area contributed by atoms with Crippen molar-refractivity contribution in [2.45, 2.75) is 32.6 Å². The first-order chi connectivity index (χ1) is 10.1. The van der Waals surface area contributed by atoms with Crippen LogP contribution >= 0.6 is 0 Å². The second-order valence-corrected chi connectivity index (χ2v) is 6.44. The zero-order valence-electron chi connectivity index (χ0n) is 13.5. The minimum atomic E-state index is -0.935. The average Bonchev–Trinajstić information content (AvgIpc) is 2.47. The van der Waals surface area contributed by atoms with Gasteiger partial charge in [-0.3, -0.25) is 4.21 Å². The van der Waals surface area contributed by atoms with Crippen LogP contribution in [-0.2, 0) is 21.3 Å². The Hall–Kier alpha value is -0.910. The summed E-state index contributed by atoms with van der Waals surface area (Å²) in [5, 5.41) is 3.39. The molecule has 0 radical (unpaired) electrons. The van der Waals surface area contributed by atoms with Crippen LogP contribution < -0.4 is 10.1 Å². The second kappa shape index (κ2) is 9.92. The van der Waals surface area contributed by atoms with E-state index < -0.39 is 10.8 Å². The zero-order chi connectivity index (χ0) is 15.7. The number of hydrogen-bond acceptors (Lipinski definition) is 4. The molecule has 1 N–H and O–H groups in total. The van der Waals surface area contributed by atoms with E-state index in [2.05, 4.69) is 31.3 Å². The molecular formula is C16H27NO3S. The Morgan fingerprint density at radius 2 is 2.10 bits per heavy atom. The summed E-state index contributed by atoms with van der Waals surface area (Å²) >= 11 is 0. The van der Waals surface area contributed by atoms with Crippen LogP contribution in [0.1, 0.15) is 37.9 Å². The van der Waals surface area contributed by atoms with Gasteiger partial charge in [-0.05, 0) is 38.1 Å². The largest absolute Gasteiger partial charge is 0.494 e. The predicted octanol–water partition coefficient (Wildman–Crippen LogP) is 2.65. The van der Waals surface area contributed by atoms with Gasteiger partial charge in [0, 0.05) is 35.3 Å². The molecule has 0 aliphatic heterocycles. The lowest BCUT2D eigenvalue weighted by Gasteiger charge is -2.16. The molecule has 0 aliphatic carbocycles. The third-order valence-corrected chi connectivity index (χ3v) is 4.48. The predicted molar refractivity (Wildman–Crippen MR) is 88.3 cm³/mol. The third kappa shape index (κ3) is 6.16. The van der Waals surface area contributed by atoms with E-state index in [1.807, 2.05) is 13.0 Å². The highest BCUT2D eigenvalue weighted by Gasteiger charge is 2.12. The highest BCUT2D eigenvalue weighted by molar-refractivity contribution is 7.84. The Bertz CT molecular complexity index is 451. The quantitative estimate of drug-likeness (QED) is 0.721. The lowest BCUT2D eigenvalue weighted by Crippen LogP contribution is -2.18. The molecule has 0 aliphatic rings. The summed E-state index contributed by atoms with van der Waals surface area (Å²) in [5.41, 5.74) is 2.20. The molecule has 2 unspecified atom stereocenters. The Kier molecular flexibility index (Phi) is 8.57. The molecule has 0 fully saturated rings. The number of methoxy groups -OCH3 is 1. The lowest BCUT2D eigenvalue weighted by atomic mass is 10.0. The maximum atomic E-state index is 12.1. The first-order valence-corrected chi connectivity index (χ1v) is 8.94. The van der Waals surface area contributed by atoms with Crippen LogP contribution in [0, 0.1) is 0 Å². The highest BCUT2D eigenvalue weighted by Crippen LogP contribution is 2.25. The van der Waals surface area contributed by atoms with Crippen LogP contribution in [0.5, 0.6) is 5.75 Å².